The molecular weight excluding hydrogens is 212 g/mol. The number of rotatable bonds is 4. The van der Waals surface area contributed by atoms with Gasteiger partial charge < -0.3 is 14.2 Å². The Labute approximate surface area is 95.0 Å². The minimum Gasteiger partial charge on any atom is -0.469 e. The number of esters is 2. The van der Waals surface area contributed by atoms with E-state index in [1.54, 1.807) is 19.3 Å². The van der Waals surface area contributed by atoms with Crippen LogP contribution in [0.3, 0.4) is 0 Å². The average molecular weight is 227 g/mol. The fourth-order valence-electron chi connectivity index (χ4n) is 1.29. The number of methoxy groups -OCH3 is 1. The van der Waals surface area contributed by atoms with Crippen molar-refractivity contribution in [3.8, 4) is 0 Å². The molecule has 1 rings (SSSR count). The van der Waals surface area contributed by atoms with Crippen molar-refractivity contribution < 1.29 is 23.8 Å². The zero-order valence-corrected chi connectivity index (χ0v) is 9.34. The summed E-state index contributed by atoms with van der Waals surface area (Å²) in [5, 5.41) is 0. The Hall–Kier alpha value is -1.10. The van der Waals surface area contributed by atoms with Crippen LogP contribution >= 0.6 is 0 Å². The van der Waals surface area contributed by atoms with Gasteiger partial charge in [0, 0.05) is 6.92 Å². The number of hydrogen-bond acceptors (Lipinski definition) is 5. The monoisotopic (exact) mass is 227 g/mol. The average Bonchev–Trinajstić information content (AvgIpc) is 2.26. The first-order valence-corrected chi connectivity index (χ1v) is 4.99. The second kappa shape index (κ2) is 6.48. The van der Waals surface area contributed by atoms with E-state index >= 15 is 0 Å². The molecule has 0 amide bonds. The van der Waals surface area contributed by atoms with Gasteiger partial charge in [-0.3, -0.25) is 9.59 Å². The molecule has 1 saturated heterocycles. The number of ether oxygens (including phenoxy) is 3. The third kappa shape index (κ3) is 4.61. The maximum atomic E-state index is 11.0. The van der Waals surface area contributed by atoms with Crippen molar-refractivity contribution in [1.82, 2.24) is 0 Å². The topological polar surface area (TPSA) is 61.8 Å². The normalized spacial score (nSPS) is 24.9. The molecule has 0 bridgehead atoms. The van der Waals surface area contributed by atoms with E-state index in [2.05, 4.69) is 4.74 Å². The van der Waals surface area contributed by atoms with E-state index in [1.807, 2.05) is 0 Å². The van der Waals surface area contributed by atoms with Crippen LogP contribution in [0, 0.1) is 19.3 Å². The van der Waals surface area contributed by atoms with E-state index in [9.17, 15) is 9.59 Å². The second-order valence-corrected chi connectivity index (χ2v) is 3.37. The Kier molecular flexibility index (Phi) is 5.25. The second-order valence-electron chi connectivity index (χ2n) is 3.37. The van der Waals surface area contributed by atoms with E-state index < -0.39 is 0 Å². The van der Waals surface area contributed by atoms with Crippen molar-refractivity contribution in [1.29, 1.82) is 0 Å². The molecule has 1 aliphatic heterocycles. The molecule has 0 saturated carbocycles. The summed E-state index contributed by atoms with van der Waals surface area (Å²) >= 11 is 0. The summed E-state index contributed by atoms with van der Waals surface area (Å²) in [6.45, 7) is 1.50. The summed E-state index contributed by atoms with van der Waals surface area (Å²) in [7, 11) is 1.33. The van der Waals surface area contributed by atoms with Crippen LogP contribution < -0.4 is 0 Å². The minimum atomic E-state index is -0.351. The van der Waals surface area contributed by atoms with E-state index in [1.165, 1.54) is 14.0 Å². The quantitative estimate of drug-likeness (QED) is 0.654. The lowest BCUT2D eigenvalue weighted by Gasteiger charge is -2.28. The van der Waals surface area contributed by atoms with Crippen LogP contribution in [-0.4, -0.2) is 37.9 Å². The third-order valence-corrected chi connectivity index (χ3v) is 2.05. The van der Waals surface area contributed by atoms with E-state index in [0.29, 0.717) is 0 Å². The highest BCUT2D eigenvalue weighted by Crippen LogP contribution is 2.19. The Morgan fingerprint density at radius 3 is 2.62 bits per heavy atom. The third-order valence-electron chi connectivity index (χ3n) is 2.05. The van der Waals surface area contributed by atoms with Gasteiger partial charge in [-0.25, -0.2) is 0 Å². The Bertz CT molecular complexity index is 251. The molecule has 0 aromatic heterocycles. The molecule has 16 heavy (non-hydrogen) atoms. The highest BCUT2D eigenvalue weighted by molar-refractivity contribution is 5.70. The molecule has 5 nitrogen and oxygen atoms in total. The van der Waals surface area contributed by atoms with Crippen molar-refractivity contribution in [3.05, 3.63) is 19.3 Å². The molecule has 1 aliphatic rings. The fourth-order valence-corrected chi connectivity index (χ4v) is 1.29. The van der Waals surface area contributed by atoms with Gasteiger partial charge in [0.25, 0.3) is 0 Å². The van der Waals surface area contributed by atoms with E-state index in [-0.39, 0.29) is 37.2 Å². The summed E-state index contributed by atoms with van der Waals surface area (Å²) in [5.41, 5.74) is 0. The molecule has 0 aromatic carbocycles. The van der Waals surface area contributed by atoms with Crippen molar-refractivity contribution in [2.45, 2.75) is 25.6 Å². The van der Waals surface area contributed by atoms with Crippen LogP contribution in [0.15, 0.2) is 0 Å². The van der Waals surface area contributed by atoms with Crippen LogP contribution in [0.1, 0.15) is 13.3 Å². The first kappa shape index (κ1) is 13.0. The van der Waals surface area contributed by atoms with Gasteiger partial charge in [0.2, 0.25) is 0 Å². The fraction of sp³-hybridized carbons (Fsp3) is 0.545. The molecule has 0 spiro atoms. The lowest BCUT2D eigenvalue weighted by atomic mass is 10.0. The van der Waals surface area contributed by atoms with Crippen molar-refractivity contribution >= 4 is 11.9 Å². The standard InChI is InChI=1S/C11H15O5/c1-8(12)15-7-10-5-3-4-9(16-10)6-11(13)14-2/h3-5,9-10H,6-7H2,1-2H3/t9-,10+/m1/s1. The molecule has 89 valence electrons. The van der Waals surface area contributed by atoms with Gasteiger partial charge in [0.05, 0.1) is 25.7 Å². The molecule has 0 aliphatic carbocycles. The zero-order chi connectivity index (χ0) is 12.0. The van der Waals surface area contributed by atoms with E-state index in [4.69, 9.17) is 9.47 Å². The number of carbonyl (C=O) groups excluding carboxylic acids is 2. The molecule has 2 atom stereocenters. The summed E-state index contributed by atoms with van der Waals surface area (Å²) in [5.74, 6) is -0.682. The summed E-state index contributed by atoms with van der Waals surface area (Å²) < 4.78 is 14.8. The number of hydrogen-bond donors (Lipinski definition) is 0. The molecule has 0 N–H and O–H groups in total. The predicted octanol–water partition coefficient (Wildman–Crippen LogP) is 0.493. The van der Waals surface area contributed by atoms with Crippen LogP contribution in [0.5, 0.6) is 0 Å². The lowest BCUT2D eigenvalue weighted by Crippen LogP contribution is -2.34. The van der Waals surface area contributed by atoms with Crippen LogP contribution in [0.25, 0.3) is 0 Å². The SMILES string of the molecule is COC(=O)C[C@H]1[CH][CH][CH][C@@H](COC(C)=O)O1. The molecule has 1 heterocycles. The maximum absolute atomic E-state index is 11.0. The molecule has 5 heteroatoms. The summed E-state index contributed by atoms with van der Waals surface area (Å²) in [4.78, 5) is 21.6. The van der Waals surface area contributed by atoms with Gasteiger partial charge in [0.15, 0.2) is 0 Å². The van der Waals surface area contributed by atoms with Crippen molar-refractivity contribution in [2.24, 2.45) is 0 Å². The highest BCUT2D eigenvalue weighted by Gasteiger charge is 2.25. The maximum Gasteiger partial charge on any atom is 0.308 e. The van der Waals surface area contributed by atoms with Gasteiger partial charge in [-0.1, -0.05) is 0 Å². The zero-order valence-electron chi connectivity index (χ0n) is 9.34. The van der Waals surface area contributed by atoms with Gasteiger partial charge >= 0.3 is 11.9 Å². The highest BCUT2D eigenvalue weighted by atomic mass is 16.6. The Balaban J connectivity index is 2.29. The Morgan fingerprint density at radius 1 is 1.31 bits per heavy atom. The van der Waals surface area contributed by atoms with Crippen LogP contribution in [0.4, 0.5) is 0 Å². The van der Waals surface area contributed by atoms with Crippen LogP contribution in [0.2, 0.25) is 0 Å². The van der Waals surface area contributed by atoms with Crippen molar-refractivity contribution in [2.75, 3.05) is 13.7 Å². The molecule has 1 fully saturated rings. The minimum absolute atomic E-state index is 0.164. The van der Waals surface area contributed by atoms with Crippen molar-refractivity contribution in [3.63, 3.8) is 0 Å². The molecule has 0 aromatic rings. The molecular formula is C11H15O5. The predicted molar refractivity (Wildman–Crippen MR) is 54.8 cm³/mol. The number of carbonyl (C=O) groups is 2. The van der Waals surface area contributed by atoms with Gasteiger partial charge in [-0.15, -0.1) is 0 Å². The smallest absolute Gasteiger partial charge is 0.308 e. The Morgan fingerprint density at radius 2 is 2.00 bits per heavy atom. The van der Waals surface area contributed by atoms with E-state index in [0.717, 1.165) is 0 Å². The first-order chi connectivity index (χ1) is 7.61. The summed E-state index contributed by atoms with van der Waals surface area (Å²) in [6.07, 6.45) is 4.88. The lowest BCUT2D eigenvalue weighted by molar-refractivity contribution is -0.150. The molecule has 0 unspecified atom stereocenters. The van der Waals surface area contributed by atoms with Gasteiger partial charge in [-0.05, 0) is 19.3 Å². The largest absolute Gasteiger partial charge is 0.469 e. The first-order valence-electron chi connectivity index (χ1n) is 4.99. The van der Waals surface area contributed by atoms with Crippen LogP contribution in [-0.2, 0) is 23.8 Å². The molecule has 3 radical (unpaired) electrons. The van der Waals surface area contributed by atoms with Gasteiger partial charge in [-0.2, -0.15) is 0 Å². The van der Waals surface area contributed by atoms with Gasteiger partial charge in [0.1, 0.15) is 6.61 Å². The summed E-state index contributed by atoms with van der Waals surface area (Å²) in [6, 6.07) is 0.